The Bertz CT molecular complexity index is 2260. The lowest BCUT2D eigenvalue weighted by molar-refractivity contribution is -0.136. The van der Waals surface area contributed by atoms with Gasteiger partial charge in [-0.3, -0.25) is 24.8 Å². The minimum absolute atomic E-state index is 0.0239. The van der Waals surface area contributed by atoms with Crippen molar-refractivity contribution in [1.29, 1.82) is 0 Å². The lowest BCUT2D eigenvalue weighted by atomic mass is 9.93. The largest absolute Gasteiger partial charge is 0.471 e. The zero-order valence-corrected chi connectivity index (χ0v) is 33.3. The van der Waals surface area contributed by atoms with Crippen LogP contribution in [0.1, 0.15) is 99.9 Å². The summed E-state index contributed by atoms with van der Waals surface area (Å²) in [6, 6.07) is 6.54. The van der Waals surface area contributed by atoms with E-state index in [1.807, 2.05) is 17.0 Å². The number of ether oxygens (including phenoxy) is 3. The summed E-state index contributed by atoms with van der Waals surface area (Å²) in [4.78, 5) is 56.6. The summed E-state index contributed by atoms with van der Waals surface area (Å²) in [6.07, 6.45) is 14.0. The number of anilines is 2. The van der Waals surface area contributed by atoms with Gasteiger partial charge >= 0.3 is 0 Å². The molecule has 10 rings (SSSR count). The van der Waals surface area contributed by atoms with E-state index in [4.69, 9.17) is 14.2 Å². The van der Waals surface area contributed by atoms with Crippen molar-refractivity contribution in [2.45, 2.75) is 127 Å². The third kappa shape index (κ3) is 7.72. The maximum atomic E-state index is 15.9. The van der Waals surface area contributed by atoms with Gasteiger partial charge in [0.05, 0.1) is 54.1 Å². The van der Waals surface area contributed by atoms with E-state index in [1.54, 1.807) is 24.7 Å². The van der Waals surface area contributed by atoms with E-state index >= 15 is 4.39 Å². The number of carbonyl (C=O) groups excluding carboxylic acids is 3. The number of fused-ring (bicyclic) bond motifs is 2. The van der Waals surface area contributed by atoms with Gasteiger partial charge in [0.15, 0.2) is 5.82 Å². The van der Waals surface area contributed by atoms with Crippen molar-refractivity contribution in [1.82, 2.24) is 35.4 Å². The van der Waals surface area contributed by atoms with E-state index in [0.717, 1.165) is 105 Å². The molecular formula is C43H50FN9O6. The number of nitrogens with one attached hydrogen (secondary N) is 2. The Morgan fingerprint density at radius 1 is 0.814 bits per heavy atom. The number of nitrogens with zero attached hydrogens (tertiary/aromatic N) is 7. The second-order valence-corrected chi connectivity index (χ2v) is 17.3. The first kappa shape index (κ1) is 38.0. The summed E-state index contributed by atoms with van der Waals surface area (Å²) in [7, 11) is 0. The van der Waals surface area contributed by atoms with Gasteiger partial charge < -0.3 is 28.9 Å². The van der Waals surface area contributed by atoms with E-state index in [2.05, 4.69) is 42.3 Å². The first-order chi connectivity index (χ1) is 28.7. The molecule has 2 saturated carbocycles. The normalized spacial score (nSPS) is 25.1. The summed E-state index contributed by atoms with van der Waals surface area (Å²) in [6.45, 7) is 5.16. The van der Waals surface area contributed by atoms with Crippen molar-refractivity contribution >= 4 is 40.1 Å². The van der Waals surface area contributed by atoms with E-state index in [0.29, 0.717) is 30.2 Å². The molecular weight excluding hydrogens is 758 g/mol. The Balaban J connectivity index is 0.667. The van der Waals surface area contributed by atoms with E-state index < -0.39 is 17.8 Å². The van der Waals surface area contributed by atoms with Gasteiger partial charge in [-0.05, 0) is 89.7 Å². The van der Waals surface area contributed by atoms with Crippen molar-refractivity contribution in [2.24, 2.45) is 0 Å². The van der Waals surface area contributed by atoms with Crippen molar-refractivity contribution in [3.63, 3.8) is 0 Å². The van der Waals surface area contributed by atoms with Crippen LogP contribution >= 0.6 is 0 Å². The highest BCUT2D eigenvalue weighted by Crippen LogP contribution is 2.40. The highest BCUT2D eigenvalue weighted by atomic mass is 19.1. The fourth-order valence-corrected chi connectivity index (χ4v) is 9.47. The molecule has 16 heteroatoms. The fourth-order valence-electron chi connectivity index (χ4n) is 9.47. The van der Waals surface area contributed by atoms with Crippen molar-refractivity contribution in [3.05, 3.63) is 53.7 Å². The fraction of sp³-hybridized carbons (Fsp3) is 0.558. The summed E-state index contributed by atoms with van der Waals surface area (Å²) in [5, 5.41) is 10.9. The highest BCUT2D eigenvalue weighted by molar-refractivity contribution is 6.05. The number of carbonyl (C=O) groups is 3. The minimum Gasteiger partial charge on any atom is -0.471 e. The number of benzene rings is 1. The second kappa shape index (κ2) is 15.4. The standard InChI is InChI=1S/C43H50FN9O6/c1-43(14-15-43)59-38-20-30-33(22-45-38)49-50-40(30)32-21-36(47-24-46-32)52-18-12-28(13-19-52)58-26-4-2-25(3-5-26)57-27-10-16-51(17-11-27)34-7-6-29-31(39(34)44)23-53(42(29)56)35-8-9-37(54)48-41(35)55/h6-7,20-22,24-28,35H,2-5,8-19,23H2,1H3,(H,49,50)(H,48,54,55)/t25-,26-,35?. The molecule has 1 aromatic carbocycles. The third-order valence-electron chi connectivity index (χ3n) is 13.2. The molecule has 6 aliphatic rings. The molecule has 4 aromatic rings. The third-order valence-corrected chi connectivity index (χ3v) is 13.2. The van der Waals surface area contributed by atoms with Crippen LogP contribution in [0.25, 0.3) is 22.3 Å². The van der Waals surface area contributed by atoms with Gasteiger partial charge in [0, 0.05) is 61.2 Å². The predicted molar refractivity (Wildman–Crippen MR) is 214 cm³/mol. The van der Waals surface area contributed by atoms with Gasteiger partial charge in [-0.1, -0.05) is 0 Å². The lowest BCUT2D eigenvalue weighted by Gasteiger charge is -2.38. The van der Waals surface area contributed by atoms with E-state index in [1.165, 1.54) is 4.90 Å². The number of hydrogen-bond donors (Lipinski definition) is 2. The Morgan fingerprint density at radius 2 is 1.49 bits per heavy atom. The molecule has 15 nitrogen and oxygen atoms in total. The average molecular weight is 808 g/mol. The quantitative estimate of drug-likeness (QED) is 0.201. The summed E-state index contributed by atoms with van der Waals surface area (Å²) in [5.41, 5.74) is 3.32. The van der Waals surface area contributed by atoms with Crippen LogP contribution in [0, 0.1) is 5.82 Å². The molecule has 2 N–H and O–H groups in total. The van der Waals surface area contributed by atoms with Gasteiger partial charge in [0.1, 0.15) is 29.5 Å². The monoisotopic (exact) mass is 807 g/mol. The second-order valence-electron chi connectivity index (χ2n) is 17.3. The minimum atomic E-state index is -0.769. The number of hydrogen-bond acceptors (Lipinski definition) is 12. The van der Waals surface area contributed by atoms with E-state index in [9.17, 15) is 14.4 Å². The molecule has 3 amide bonds. The Morgan fingerprint density at radius 3 is 2.17 bits per heavy atom. The molecule has 3 aromatic heterocycles. The number of aromatic nitrogens is 5. The Labute approximate surface area is 341 Å². The zero-order valence-electron chi connectivity index (χ0n) is 33.3. The Kier molecular flexibility index (Phi) is 9.94. The summed E-state index contributed by atoms with van der Waals surface area (Å²) in [5.74, 6) is -0.133. The first-order valence-corrected chi connectivity index (χ1v) is 21.3. The van der Waals surface area contributed by atoms with Gasteiger partial charge in [-0.2, -0.15) is 5.10 Å². The van der Waals surface area contributed by atoms with Crippen LogP contribution in [0.15, 0.2) is 36.8 Å². The molecule has 310 valence electrons. The van der Waals surface area contributed by atoms with Gasteiger partial charge in [0.2, 0.25) is 17.7 Å². The molecule has 7 heterocycles. The molecule has 0 spiro atoms. The van der Waals surface area contributed by atoms with Crippen LogP contribution in [-0.4, -0.2) is 110 Å². The molecule has 0 bridgehead atoms. The number of amides is 3. The molecule has 2 aliphatic carbocycles. The number of piperidine rings is 3. The number of H-pyrrole nitrogens is 1. The summed E-state index contributed by atoms with van der Waals surface area (Å²) >= 11 is 0. The van der Waals surface area contributed by atoms with E-state index in [-0.39, 0.29) is 66.8 Å². The SMILES string of the molecule is CC1(Oc2cc3c(-c4cc(N5CCC(O[C@H]6CC[C@H](OC7CCN(c8ccc9c(c8F)CN(C8CCC(=O)NC8=O)C9=O)CC7)CC6)CC5)ncn4)n[nH]c3cn2)CC1. The topological polar surface area (TPSA) is 168 Å². The maximum Gasteiger partial charge on any atom is 0.255 e. The highest BCUT2D eigenvalue weighted by Gasteiger charge is 2.42. The van der Waals surface area contributed by atoms with Crippen LogP contribution in [0.4, 0.5) is 15.9 Å². The summed E-state index contributed by atoms with van der Waals surface area (Å²) < 4.78 is 35.3. The van der Waals surface area contributed by atoms with Gasteiger partial charge in [-0.15, -0.1) is 0 Å². The molecule has 4 aliphatic heterocycles. The predicted octanol–water partition coefficient (Wildman–Crippen LogP) is 5.23. The first-order valence-electron chi connectivity index (χ1n) is 21.3. The number of imide groups is 1. The molecule has 0 radical (unpaired) electrons. The van der Waals surface area contributed by atoms with Crippen LogP contribution in [0.2, 0.25) is 0 Å². The molecule has 1 unspecified atom stereocenters. The molecule has 5 fully saturated rings. The number of halogens is 1. The molecule has 59 heavy (non-hydrogen) atoms. The number of rotatable bonds is 10. The molecule has 1 atom stereocenters. The van der Waals surface area contributed by atoms with Crippen LogP contribution in [0.3, 0.4) is 0 Å². The van der Waals surface area contributed by atoms with Crippen molar-refractivity contribution in [2.75, 3.05) is 36.0 Å². The average Bonchev–Trinajstić information content (AvgIpc) is 3.66. The number of aromatic amines is 1. The number of pyridine rings is 1. The van der Waals surface area contributed by atoms with Crippen molar-refractivity contribution in [3.8, 4) is 17.3 Å². The van der Waals surface area contributed by atoms with Crippen LogP contribution < -0.4 is 19.9 Å². The maximum absolute atomic E-state index is 15.9. The van der Waals surface area contributed by atoms with Crippen LogP contribution in [0.5, 0.6) is 5.88 Å². The van der Waals surface area contributed by atoms with Crippen molar-refractivity contribution < 1.29 is 33.0 Å². The Hall–Kier alpha value is -5.22. The van der Waals surface area contributed by atoms with Crippen LogP contribution in [-0.2, 0) is 25.6 Å². The lowest BCUT2D eigenvalue weighted by Crippen LogP contribution is -2.52. The van der Waals surface area contributed by atoms with Gasteiger partial charge in [-0.25, -0.2) is 19.3 Å². The molecule has 3 saturated heterocycles. The smallest absolute Gasteiger partial charge is 0.255 e. The van der Waals surface area contributed by atoms with Gasteiger partial charge in [0.25, 0.3) is 5.91 Å². The zero-order chi connectivity index (χ0) is 40.3.